The second-order valence-corrected chi connectivity index (χ2v) is 7.99. The number of allylic oxidation sites excluding steroid dienone is 2. The van der Waals surface area contributed by atoms with Gasteiger partial charge in [0.2, 0.25) is 5.76 Å². The molecule has 5 rings (SSSR count). The van der Waals surface area contributed by atoms with Crippen LogP contribution in [0.5, 0.6) is 0 Å². The van der Waals surface area contributed by atoms with E-state index in [-0.39, 0.29) is 19.0 Å². The van der Waals surface area contributed by atoms with E-state index in [0.717, 1.165) is 5.56 Å². The molecule has 168 valence electrons. The minimum Gasteiger partial charge on any atom is -0.480 e. The van der Waals surface area contributed by atoms with E-state index in [2.05, 4.69) is 20.5 Å². The number of aryl methyl sites for hydroxylation is 1. The van der Waals surface area contributed by atoms with E-state index in [0.29, 0.717) is 34.2 Å². The molecule has 1 fully saturated rings. The number of hydrogen-bond donors (Lipinski definition) is 2. The molecule has 1 atom stereocenters. The van der Waals surface area contributed by atoms with Crippen molar-refractivity contribution in [1.82, 2.24) is 5.16 Å². The number of carboxylic acids is 1. The molecular weight excluding hydrogens is 428 g/mol. The summed E-state index contributed by atoms with van der Waals surface area (Å²) in [6, 6.07) is 9.38. The van der Waals surface area contributed by atoms with E-state index in [1.807, 2.05) is 30.3 Å². The van der Waals surface area contributed by atoms with Gasteiger partial charge < -0.3 is 19.1 Å². The number of carbonyl (C=O) groups excluding carboxylic acids is 1. The Hall–Kier alpha value is -4.05. The number of aliphatic imine (C=N–C) groups is 2. The van der Waals surface area contributed by atoms with Crippen LogP contribution in [0.2, 0.25) is 0 Å². The number of rotatable bonds is 6. The summed E-state index contributed by atoms with van der Waals surface area (Å²) >= 11 is 0. The van der Waals surface area contributed by atoms with E-state index in [1.54, 1.807) is 26.0 Å². The predicted octanol–water partition coefficient (Wildman–Crippen LogP) is 3.53. The molecule has 2 N–H and O–H groups in total. The van der Waals surface area contributed by atoms with Crippen molar-refractivity contribution in [3.63, 3.8) is 0 Å². The van der Waals surface area contributed by atoms with Crippen molar-refractivity contribution in [2.45, 2.75) is 20.0 Å². The maximum Gasteiger partial charge on any atom is 0.412 e. The molecule has 10 nitrogen and oxygen atoms in total. The van der Waals surface area contributed by atoms with Gasteiger partial charge >= 0.3 is 12.1 Å². The first-order valence-electron chi connectivity index (χ1n) is 10.3. The Labute approximate surface area is 188 Å². The third-order valence-electron chi connectivity index (χ3n) is 5.76. The van der Waals surface area contributed by atoms with Crippen LogP contribution < -0.4 is 5.32 Å². The molecule has 0 aliphatic carbocycles. The molecule has 3 aliphatic rings. The third-order valence-corrected chi connectivity index (χ3v) is 5.76. The lowest BCUT2D eigenvalue weighted by atomic mass is 9.82. The number of carbonyl (C=O) groups is 2. The third kappa shape index (κ3) is 3.54. The summed E-state index contributed by atoms with van der Waals surface area (Å²) in [4.78, 5) is 33.1. The molecule has 0 bridgehead atoms. The van der Waals surface area contributed by atoms with Crippen LogP contribution in [0.25, 0.3) is 5.70 Å². The van der Waals surface area contributed by atoms with Crippen molar-refractivity contribution in [3.05, 3.63) is 65.2 Å². The van der Waals surface area contributed by atoms with Crippen molar-refractivity contribution >= 4 is 34.9 Å². The monoisotopic (exact) mass is 448 g/mol. The average Bonchev–Trinajstić information content (AvgIpc) is 3.41. The first-order valence-corrected chi connectivity index (χ1v) is 10.3. The van der Waals surface area contributed by atoms with Crippen LogP contribution in [0.4, 0.5) is 10.5 Å². The lowest BCUT2D eigenvalue weighted by molar-refractivity contribution is -0.171. The summed E-state index contributed by atoms with van der Waals surface area (Å²) in [5.41, 5.74) is 2.40. The highest BCUT2D eigenvalue weighted by atomic mass is 16.6. The molecule has 3 aliphatic heterocycles. The summed E-state index contributed by atoms with van der Waals surface area (Å²) in [6.07, 6.45) is 2.20. The molecule has 1 aromatic heterocycles. The summed E-state index contributed by atoms with van der Waals surface area (Å²) in [5.74, 6) is -0.717. The molecule has 10 heteroatoms. The highest BCUT2D eigenvalue weighted by molar-refractivity contribution is 6.55. The van der Waals surface area contributed by atoms with Gasteiger partial charge in [0.25, 0.3) is 0 Å². The topological polar surface area (TPSA) is 136 Å². The number of nitrogens with one attached hydrogen (secondary N) is 1. The predicted molar refractivity (Wildman–Crippen MR) is 118 cm³/mol. The SMILES string of the molecule is Cc1noc(C2=CC3=NC(C4(C(=O)O)COC4)=CC3=N2)c1NC(=O)OC(C)c1ccccc1. The fourth-order valence-electron chi connectivity index (χ4n) is 3.73. The minimum atomic E-state index is -1.14. The van der Waals surface area contributed by atoms with E-state index in [1.165, 1.54) is 0 Å². The van der Waals surface area contributed by atoms with Gasteiger partial charge in [0.05, 0.1) is 30.3 Å². The number of benzene rings is 1. The number of aliphatic carboxylic acids is 1. The Morgan fingerprint density at radius 2 is 1.88 bits per heavy atom. The van der Waals surface area contributed by atoms with Gasteiger partial charge in [0.15, 0.2) is 5.41 Å². The van der Waals surface area contributed by atoms with E-state index in [4.69, 9.17) is 14.0 Å². The first-order chi connectivity index (χ1) is 15.9. The van der Waals surface area contributed by atoms with Crippen LogP contribution in [-0.4, -0.2) is 47.0 Å². The van der Waals surface area contributed by atoms with Gasteiger partial charge in [-0.2, -0.15) is 0 Å². The van der Waals surface area contributed by atoms with Crippen molar-refractivity contribution in [2.75, 3.05) is 18.5 Å². The second-order valence-electron chi connectivity index (χ2n) is 7.99. The zero-order valence-corrected chi connectivity index (χ0v) is 17.9. The van der Waals surface area contributed by atoms with Crippen molar-refractivity contribution < 1.29 is 28.7 Å². The number of fused-ring (bicyclic) bond motifs is 1. The van der Waals surface area contributed by atoms with Gasteiger partial charge in [-0.05, 0) is 31.6 Å². The van der Waals surface area contributed by atoms with Gasteiger partial charge in [-0.1, -0.05) is 35.5 Å². The normalized spacial score (nSPS) is 18.8. The summed E-state index contributed by atoms with van der Waals surface area (Å²) in [6.45, 7) is 3.62. The summed E-state index contributed by atoms with van der Waals surface area (Å²) < 4.78 is 16.0. The molecule has 1 unspecified atom stereocenters. The fourth-order valence-corrected chi connectivity index (χ4v) is 3.73. The number of aromatic nitrogens is 1. The molecule has 0 spiro atoms. The fraction of sp³-hybridized carbons (Fsp3) is 0.261. The zero-order chi connectivity index (χ0) is 23.2. The van der Waals surface area contributed by atoms with Crippen molar-refractivity contribution in [1.29, 1.82) is 0 Å². The quantitative estimate of drug-likeness (QED) is 0.690. The molecule has 0 radical (unpaired) electrons. The van der Waals surface area contributed by atoms with Gasteiger partial charge in [-0.25, -0.2) is 14.8 Å². The van der Waals surface area contributed by atoms with Crippen LogP contribution in [0.15, 0.2) is 62.7 Å². The van der Waals surface area contributed by atoms with E-state index < -0.39 is 23.6 Å². The largest absolute Gasteiger partial charge is 0.480 e. The van der Waals surface area contributed by atoms with Crippen LogP contribution in [0, 0.1) is 12.3 Å². The highest BCUT2D eigenvalue weighted by Crippen LogP contribution is 2.41. The molecule has 0 saturated carbocycles. The molecule has 2 aromatic rings. The maximum absolute atomic E-state index is 12.5. The Balaban J connectivity index is 1.33. The smallest absolute Gasteiger partial charge is 0.412 e. The lowest BCUT2D eigenvalue weighted by Crippen LogP contribution is -2.50. The highest BCUT2D eigenvalue weighted by Gasteiger charge is 2.51. The van der Waals surface area contributed by atoms with Gasteiger partial charge in [-0.3, -0.25) is 10.1 Å². The van der Waals surface area contributed by atoms with Crippen LogP contribution >= 0.6 is 0 Å². The summed E-state index contributed by atoms with van der Waals surface area (Å²) in [7, 11) is 0. The second kappa shape index (κ2) is 7.82. The molecule has 1 aromatic carbocycles. The maximum atomic E-state index is 12.5. The van der Waals surface area contributed by atoms with Crippen molar-refractivity contribution in [2.24, 2.45) is 15.4 Å². The molecule has 1 saturated heterocycles. The minimum absolute atomic E-state index is 0.0771. The number of hydrogen-bond acceptors (Lipinski definition) is 8. The Kier molecular flexibility index (Phi) is 4.94. The van der Waals surface area contributed by atoms with Crippen LogP contribution in [0.1, 0.15) is 30.0 Å². The number of anilines is 1. The Morgan fingerprint density at radius 1 is 1.15 bits per heavy atom. The van der Waals surface area contributed by atoms with Crippen LogP contribution in [0.3, 0.4) is 0 Å². The first kappa shape index (κ1) is 20.8. The summed E-state index contributed by atoms with van der Waals surface area (Å²) in [5, 5.41) is 16.2. The molecule has 4 heterocycles. The number of nitrogens with zero attached hydrogens (tertiary/aromatic N) is 3. The standard InChI is InChI=1S/C23H20N4O6/c1-12-19(26-22(30)32-13(2)14-6-4-3-5-7-14)20(33-27-12)17-8-15-16(24-17)9-18(25-15)23(21(28)29)10-31-11-23/h3-9,13H,10-11H2,1-2H3,(H,26,30)(H,28,29). The van der Waals surface area contributed by atoms with Gasteiger partial charge in [0.1, 0.15) is 23.2 Å². The Bertz CT molecular complexity index is 1270. The Morgan fingerprint density at radius 3 is 2.52 bits per heavy atom. The number of amides is 1. The molecular formula is C23H20N4O6. The van der Waals surface area contributed by atoms with Gasteiger partial charge in [0, 0.05) is 0 Å². The lowest BCUT2D eigenvalue weighted by Gasteiger charge is -2.36. The van der Waals surface area contributed by atoms with Crippen LogP contribution in [-0.2, 0) is 14.3 Å². The van der Waals surface area contributed by atoms with E-state index >= 15 is 0 Å². The van der Waals surface area contributed by atoms with Crippen molar-refractivity contribution in [3.8, 4) is 0 Å². The van der Waals surface area contributed by atoms with E-state index in [9.17, 15) is 14.7 Å². The van der Waals surface area contributed by atoms with Gasteiger partial charge in [-0.15, -0.1) is 0 Å². The molecule has 1 amide bonds. The average molecular weight is 448 g/mol. The zero-order valence-electron chi connectivity index (χ0n) is 17.9. The molecule has 33 heavy (non-hydrogen) atoms. The number of carboxylic acid groups (broad SMARTS) is 1. The number of ether oxygens (including phenoxy) is 2.